The standard InChI is InChI=1S/C19H17F5Si/c1-25(2,3)17-13-6-10-15(11-7-13)19(23,24)18(21,22)14-8-4-12(5-9-14)16(17)20/h4-11H,1-3H3/b17-16-. The van der Waals surface area contributed by atoms with Crippen LogP contribution in [-0.2, 0) is 11.8 Å². The second kappa shape index (κ2) is 5.52. The molecule has 0 atom stereocenters. The molecule has 2 aromatic rings. The molecule has 2 aromatic carbocycles. The third kappa shape index (κ3) is 2.72. The summed E-state index contributed by atoms with van der Waals surface area (Å²) in [6, 6.07) is 8.57. The van der Waals surface area contributed by atoms with Crippen LogP contribution in [0.5, 0.6) is 0 Å². The highest BCUT2D eigenvalue weighted by molar-refractivity contribution is 6.94. The molecule has 0 N–H and O–H groups in total. The van der Waals surface area contributed by atoms with Crippen LogP contribution in [0.4, 0.5) is 22.0 Å². The minimum absolute atomic E-state index is 0.116. The lowest BCUT2D eigenvalue weighted by atomic mass is 9.93. The summed E-state index contributed by atoms with van der Waals surface area (Å²) in [6.07, 6.45) is 0. The zero-order valence-corrected chi connectivity index (χ0v) is 15.0. The molecule has 6 rings (SSSR count). The van der Waals surface area contributed by atoms with E-state index in [1.54, 1.807) is 0 Å². The largest absolute Gasteiger partial charge is 0.339 e. The molecular weight excluding hydrogens is 351 g/mol. The molecule has 0 unspecified atom stereocenters. The first kappa shape index (κ1) is 17.9. The molecule has 0 spiro atoms. The van der Waals surface area contributed by atoms with Gasteiger partial charge in [0.2, 0.25) is 0 Å². The number of alkyl halides is 4. The van der Waals surface area contributed by atoms with E-state index in [9.17, 15) is 17.6 Å². The summed E-state index contributed by atoms with van der Waals surface area (Å²) >= 11 is 0. The molecule has 4 aliphatic rings. The van der Waals surface area contributed by atoms with E-state index >= 15 is 4.39 Å². The monoisotopic (exact) mass is 368 g/mol. The number of halogens is 5. The van der Waals surface area contributed by atoms with E-state index in [1.807, 2.05) is 19.6 Å². The van der Waals surface area contributed by atoms with Gasteiger partial charge in [0, 0.05) is 16.7 Å². The van der Waals surface area contributed by atoms with E-state index in [-0.39, 0.29) is 5.56 Å². The van der Waals surface area contributed by atoms with Gasteiger partial charge in [0.1, 0.15) is 5.83 Å². The topological polar surface area (TPSA) is 0 Å². The van der Waals surface area contributed by atoms with E-state index in [2.05, 4.69) is 0 Å². The van der Waals surface area contributed by atoms with Crippen LogP contribution in [0.1, 0.15) is 22.3 Å². The third-order valence-electron chi connectivity index (χ3n) is 4.40. The first-order valence-electron chi connectivity index (χ1n) is 7.84. The average molecular weight is 368 g/mol. The fourth-order valence-corrected chi connectivity index (χ4v) is 4.90. The van der Waals surface area contributed by atoms with Crippen LogP contribution in [-0.4, -0.2) is 8.07 Å². The fraction of sp³-hybridized carbons (Fsp3) is 0.263. The van der Waals surface area contributed by atoms with Gasteiger partial charge in [0.25, 0.3) is 0 Å². The molecule has 0 fully saturated rings. The van der Waals surface area contributed by atoms with Gasteiger partial charge in [-0.3, -0.25) is 0 Å². The van der Waals surface area contributed by atoms with Crippen molar-refractivity contribution in [2.45, 2.75) is 31.5 Å². The average Bonchev–Trinajstić information content (AvgIpc) is 2.53. The van der Waals surface area contributed by atoms with Crippen molar-refractivity contribution in [2.24, 2.45) is 0 Å². The molecule has 132 valence electrons. The van der Waals surface area contributed by atoms with Gasteiger partial charge in [-0.25, -0.2) is 4.39 Å². The Morgan fingerprint density at radius 3 is 1.36 bits per heavy atom. The van der Waals surface area contributed by atoms with Crippen LogP contribution in [0, 0.1) is 0 Å². The lowest BCUT2D eigenvalue weighted by molar-refractivity contribution is -0.223. The molecule has 0 saturated heterocycles. The first-order valence-corrected chi connectivity index (χ1v) is 11.3. The van der Waals surface area contributed by atoms with Crippen LogP contribution in [0.3, 0.4) is 0 Å². The zero-order valence-electron chi connectivity index (χ0n) is 14.0. The van der Waals surface area contributed by atoms with Crippen molar-refractivity contribution >= 4 is 19.1 Å². The van der Waals surface area contributed by atoms with Crippen molar-refractivity contribution in [1.82, 2.24) is 0 Å². The zero-order chi connectivity index (χ0) is 18.6. The lowest BCUT2D eigenvalue weighted by Gasteiger charge is -2.29. The second-order valence-electron chi connectivity index (χ2n) is 7.24. The summed E-state index contributed by atoms with van der Waals surface area (Å²) in [4.78, 5) is 0. The Balaban J connectivity index is 2.40. The van der Waals surface area contributed by atoms with Crippen LogP contribution in [0.2, 0.25) is 19.6 Å². The Bertz CT molecular complexity index is 828. The molecule has 4 bridgehead atoms. The highest BCUT2D eigenvalue weighted by Crippen LogP contribution is 2.50. The van der Waals surface area contributed by atoms with Crippen LogP contribution < -0.4 is 0 Å². The molecule has 4 aliphatic carbocycles. The fourth-order valence-electron chi connectivity index (χ4n) is 3.07. The van der Waals surface area contributed by atoms with Gasteiger partial charge < -0.3 is 0 Å². The van der Waals surface area contributed by atoms with Gasteiger partial charge in [0.15, 0.2) is 0 Å². The van der Waals surface area contributed by atoms with Crippen molar-refractivity contribution in [3.63, 3.8) is 0 Å². The Kier molecular flexibility index (Phi) is 3.95. The maximum atomic E-state index is 15.2. The van der Waals surface area contributed by atoms with Gasteiger partial charge in [0.05, 0.1) is 8.07 Å². The van der Waals surface area contributed by atoms with Crippen molar-refractivity contribution in [3.8, 4) is 0 Å². The summed E-state index contributed by atoms with van der Waals surface area (Å²) in [5.41, 5.74) is -1.07. The number of hydrogen-bond donors (Lipinski definition) is 0. The van der Waals surface area contributed by atoms with E-state index < -0.39 is 36.9 Å². The summed E-state index contributed by atoms with van der Waals surface area (Å²) < 4.78 is 72.8. The molecule has 0 heterocycles. The Morgan fingerprint density at radius 2 is 1.00 bits per heavy atom. The molecule has 0 saturated carbocycles. The summed E-state index contributed by atoms with van der Waals surface area (Å²) in [5, 5.41) is 0.474. The third-order valence-corrected chi connectivity index (χ3v) is 6.41. The number of rotatable bonds is 1. The minimum atomic E-state index is -4.39. The van der Waals surface area contributed by atoms with Crippen molar-refractivity contribution in [1.29, 1.82) is 0 Å². The van der Waals surface area contributed by atoms with Gasteiger partial charge in [-0.15, -0.1) is 0 Å². The molecule has 0 radical (unpaired) electrons. The summed E-state index contributed by atoms with van der Waals surface area (Å²) in [5.74, 6) is -9.25. The van der Waals surface area contributed by atoms with Crippen molar-refractivity contribution < 1.29 is 22.0 Å². The highest BCUT2D eigenvalue weighted by atomic mass is 28.3. The van der Waals surface area contributed by atoms with E-state index in [0.717, 1.165) is 36.4 Å². The van der Waals surface area contributed by atoms with E-state index in [1.165, 1.54) is 12.1 Å². The minimum Gasteiger partial charge on any atom is -0.206 e. The molecule has 0 nitrogen and oxygen atoms in total. The molecule has 0 aromatic heterocycles. The quantitative estimate of drug-likeness (QED) is 0.393. The first-order chi connectivity index (χ1) is 11.5. The van der Waals surface area contributed by atoms with Crippen LogP contribution in [0.15, 0.2) is 48.5 Å². The van der Waals surface area contributed by atoms with Crippen LogP contribution >= 0.6 is 0 Å². The summed E-state index contributed by atoms with van der Waals surface area (Å²) in [6.45, 7) is 5.83. The molecule has 25 heavy (non-hydrogen) atoms. The molecule has 6 heteroatoms. The smallest absolute Gasteiger partial charge is 0.206 e. The van der Waals surface area contributed by atoms with E-state index in [4.69, 9.17) is 0 Å². The Morgan fingerprint density at radius 1 is 0.640 bits per heavy atom. The predicted octanol–water partition coefficient (Wildman–Crippen LogP) is 6.60. The van der Waals surface area contributed by atoms with E-state index in [0.29, 0.717) is 10.8 Å². The highest BCUT2D eigenvalue weighted by Gasteiger charge is 2.58. The Labute approximate surface area is 144 Å². The SMILES string of the molecule is C[Si](C)(C)/C1=C(\F)c2ccc(cc2)C(F)(F)C(F)(F)c2ccc1cc2. The number of benzene rings is 2. The van der Waals surface area contributed by atoms with Gasteiger partial charge >= 0.3 is 11.8 Å². The normalized spacial score (nSPS) is 21.8. The maximum absolute atomic E-state index is 15.2. The van der Waals surface area contributed by atoms with Gasteiger partial charge in [-0.05, 0) is 10.8 Å². The lowest BCUT2D eigenvalue weighted by Crippen LogP contribution is -2.35. The van der Waals surface area contributed by atoms with Crippen LogP contribution in [0.25, 0.3) is 11.0 Å². The predicted molar refractivity (Wildman–Crippen MR) is 91.9 cm³/mol. The molecule has 0 amide bonds. The van der Waals surface area contributed by atoms with Gasteiger partial charge in [-0.2, -0.15) is 17.6 Å². The van der Waals surface area contributed by atoms with Gasteiger partial charge in [-0.1, -0.05) is 68.2 Å². The number of hydrogen-bond acceptors (Lipinski definition) is 0. The Hall–Kier alpha value is -1.95. The second-order valence-corrected chi connectivity index (χ2v) is 12.2. The van der Waals surface area contributed by atoms with Crippen molar-refractivity contribution in [2.75, 3.05) is 0 Å². The maximum Gasteiger partial charge on any atom is 0.339 e. The molecular formula is C19H17F5Si. The van der Waals surface area contributed by atoms with Crippen molar-refractivity contribution in [3.05, 3.63) is 70.8 Å². The molecule has 0 aliphatic heterocycles. The summed E-state index contributed by atoms with van der Waals surface area (Å²) in [7, 11) is -2.18.